The number of rotatable bonds is 11. The van der Waals surface area contributed by atoms with Crippen LogP contribution in [0.1, 0.15) is 73.1 Å². The molecule has 6 aromatic rings. The van der Waals surface area contributed by atoms with E-state index in [1.54, 1.807) is 0 Å². The van der Waals surface area contributed by atoms with Gasteiger partial charge >= 0.3 is 0 Å². The fourth-order valence-electron chi connectivity index (χ4n) is 6.86. The molecule has 0 heterocycles. The average molecular weight is 673 g/mol. The third-order valence-electron chi connectivity index (χ3n) is 9.81. The molecule has 0 nitrogen and oxygen atoms in total. The lowest BCUT2D eigenvalue weighted by atomic mass is 9.85. The summed E-state index contributed by atoms with van der Waals surface area (Å²) in [7, 11) is 0. The molecule has 0 fully saturated rings. The predicted molar refractivity (Wildman–Crippen MR) is 229 cm³/mol. The molecule has 6 aromatic carbocycles. The molecule has 0 saturated carbocycles. The molecule has 0 heteroatoms. The van der Waals surface area contributed by atoms with Gasteiger partial charge in [0.15, 0.2) is 0 Å². The van der Waals surface area contributed by atoms with Crippen LogP contribution in [0.15, 0.2) is 183 Å². The van der Waals surface area contributed by atoms with Crippen molar-refractivity contribution in [1.29, 1.82) is 0 Å². The highest BCUT2D eigenvalue weighted by molar-refractivity contribution is 5.93. The van der Waals surface area contributed by atoms with Crippen LogP contribution < -0.4 is 0 Å². The molecule has 52 heavy (non-hydrogen) atoms. The molecule has 0 aliphatic heterocycles. The Bertz CT molecular complexity index is 2320. The Morgan fingerprint density at radius 3 is 1.67 bits per heavy atom. The second-order valence-corrected chi connectivity index (χ2v) is 13.8. The molecule has 0 unspecified atom stereocenters. The molecule has 0 aromatic heterocycles. The van der Waals surface area contributed by atoms with Crippen LogP contribution in [0.3, 0.4) is 0 Å². The Morgan fingerprint density at radius 2 is 1.04 bits per heavy atom. The maximum atomic E-state index is 4.46. The molecule has 0 aliphatic carbocycles. The van der Waals surface area contributed by atoms with Crippen molar-refractivity contribution < 1.29 is 0 Å². The van der Waals surface area contributed by atoms with Crippen LogP contribution >= 0.6 is 0 Å². The van der Waals surface area contributed by atoms with E-state index in [-0.39, 0.29) is 0 Å². The minimum atomic E-state index is 0.919. The number of aryl methyl sites for hydroxylation is 1. The summed E-state index contributed by atoms with van der Waals surface area (Å²) in [6.07, 6.45) is 5.41. The maximum Gasteiger partial charge on any atom is -0.0103 e. The third kappa shape index (κ3) is 8.14. The smallest absolute Gasteiger partial charge is 0.0103 e. The van der Waals surface area contributed by atoms with Gasteiger partial charge in [0.25, 0.3) is 0 Å². The summed E-state index contributed by atoms with van der Waals surface area (Å²) in [4.78, 5) is 0. The molecular weight excluding hydrogens is 625 g/mol. The Balaban J connectivity index is 1.40. The average Bonchev–Trinajstić information content (AvgIpc) is 3.19. The molecule has 0 aliphatic rings. The zero-order chi connectivity index (χ0) is 36.6. The van der Waals surface area contributed by atoms with Gasteiger partial charge in [-0.25, -0.2) is 0 Å². The topological polar surface area (TPSA) is 0 Å². The van der Waals surface area contributed by atoms with Gasteiger partial charge in [0.05, 0.1) is 0 Å². The van der Waals surface area contributed by atoms with Gasteiger partial charge < -0.3 is 0 Å². The van der Waals surface area contributed by atoms with Gasteiger partial charge in [0.2, 0.25) is 0 Å². The van der Waals surface area contributed by atoms with Crippen LogP contribution in [-0.2, 0) is 0 Å². The molecule has 6 rings (SSSR count). The van der Waals surface area contributed by atoms with E-state index < -0.39 is 0 Å². The fraction of sp³-hybridized carbons (Fsp3) is 0.115. The second-order valence-electron chi connectivity index (χ2n) is 13.8. The first-order valence-corrected chi connectivity index (χ1v) is 18.2. The molecule has 0 radical (unpaired) electrons. The summed E-state index contributed by atoms with van der Waals surface area (Å²) in [5.41, 5.74) is 20.2. The van der Waals surface area contributed by atoms with E-state index in [9.17, 15) is 0 Å². The zero-order valence-electron chi connectivity index (χ0n) is 31.2. The lowest BCUT2D eigenvalue weighted by Crippen LogP contribution is -1.99. The van der Waals surface area contributed by atoms with Crippen molar-refractivity contribution in [3.8, 4) is 22.3 Å². The standard InChI is InChI=1S/C52H48/c1-8-37(4)49-27-15-16-28-50(49)52(36(2)3)51-35-47(30-29-38(51)5)45-25-17-23-43(33-45)44-24-18-26-46(34-44)48(31-39(6)41-19-11-9-12-20-41)32-40(7)42-21-13-10-14-22-42/h9-35H,4,6,8H2,1-3,5,7H3/b40-32+,48-31+. The first-order valence-electron chi connectivity index (χ1n) is 18.2. The second kappa shape index (κ2) is 16.4. The van der Waals surface area contributed by atoms with Crippen molar-refractivity contribution in [2.45, 2.75) is 41.0 Å². The van der Waals surface area contributed by atoms with E-state index >= 15 is 0 Å². The van der Waals surface area contributed by atoms with Gasteiger partial charge in [-0.15, -0.1) is 0 Å². The molecule has 0 saturated heterocycles. The number of allylic oxidation sites excluding steroid dienone is 7. The lowest BCUT2D eigenvalue weighted by molar-refractivity contribution is 1.24. The van der Waals surface area contributed by atoms with Gasteiger partial charge in [0.1, 0.15) is 0 Å². The molecule has 0 atom stereocenters. The normalized spacial score (nSPS) is 11.6. The Hall–Kier alpha value is -5.98. The van der Waals surface area contributed by atoms with Crippen molar-refractivity contribution >= 4 is 27.9 Å². The van der Waals surface area contributed by atoms with E-state index in [2.05, 4.69) is 206 Å². The summed E-state index contributed by atoms with van der Waals surface area (Å²) in [5.74, 6) is 0. The Morgan fingerprint density at radius 1 is 0.500 bits per heavy atom. The van der Waals surface area contributed by atoms with Crippen molar-refractivity contribution in [2.75, 3.05) is 0 Å². The Kier molecular flexibility index (Phi) is 11.3. The van der Waals surface area contributed by atoms with E-state index in [4.69, 9.17) is 0 Å². The van der Waals surface area contributed by atoms with Crippen LogP contribution in [0.5, 0.6) is 0 Å². The highest BCUT2D eigenvalue weighted by atomic mass is 14.2. The van der Waals surface area contributed by atoms with Crippen molar-refractivity contribution in [1.82, 2.24) is 0 Å². The van der Waals surface area contributed by atoms with E-state index in [0.717, 1.165) is 34.3 Å². The van der Waals surface area contributed by atoms with Crippen LogP contribution in [0.25, 0.3) is 50.1 Å². The monoisotopic (exact) mass is 672 g/mol. The summed E-state index contributed by atoms with van der Waals surface area (Å²) < 4.78 is 0. The fourth-order valence-corrected chi connectivity index (χ4v) is 6.86. The van der Waals surface area contributed by atoms with E-state index in [0.29, 0.717) is 0 Å². The highest BCUT2D eigenvalue weighted by Gasteiger charge is 2.16. The number of benzene rings is 6. The van der Waals surface area contributed by atoms with E-state index in [1.807, 2.05) is 6.07 Å². The first-order chi connectivity index (χ1) is 25.2. The predicted octanol–water partition coefficient (Wildman–Crippen LogP) is 14.8. The van der Waals surface area contributed by atoms with Gasteiger partial charge in [0, 0.05) is 0 Å². The highest BCUT2D eigenvalue weighted by Crippen LogP contribution is 2.37. The van der Waals surface area contributed by atoms with Crippen LogP contribution in [-0.4, -0.2) is 0 Å². The van der Waals surface area contributed by atoms with Crippen LogP contribution in [0.2, 0.25) is 0 Å². The van der Waals surface area contributed by atoms with Crippen molar-refractivity contribution in [2.24, 2.45) is 0 Å². The Labute approximate surface area is 311 Å². The van der Waals surface area contributed by atoms with Gasteiger partial charge in [-0.1, -0.05) is 165 Å². The molecular formula is C52H48. The minimum Gasteiger partial charge on any atom is -0.0952 e. The SMILES string of the molecule is C=C(/C=C(\C=C(/C)c1ccccc1)c1cccc(-c2cccc(-c3ccc(C)c(C(=C(C)C)c4ccccc4C(=C)CC)c3)c2)c1)c1ccccc1. The minimum absolute atomic E-state index is 0.919. The van der Waals surface area contributed by atoms with Crippen LogP contribution in [0, 0.1) is 6.92 Å². The number of hydrogen-bond acceptors (Lipinski definition) is 0. The van der Waals surface area contributed by atoms with Gasteiger partial charge in [-0.05, 0) is 147 Å². The van der Waals surface area contributed by atoms with Crippen LogP contribution in [0.4, 0.5) is 0 Å². The summed E-state index contributed by atoms with van der Waals surface area (Å²) in [6.45, 7) is 19.9. The third-order valence-corrected chi connectivity index (χ3v) is 9.81. The summed E-state index contributed by atoms with van der Waals surface area (Å²) in [6, 6.07) is 54.3. The summed E-state index contributed by atoms with van der Waals surface area (Å²) >= 11 is 0. The molecule has 0 N–H and O–H groups in total. The summed E-state index contributed by atoms with van der Waals surface area (Å²) in [5, 5.41) is 0. The lowest BCUT2D eigenvalue weighted by Gasteiger charge is -2.19. The molecule has 0 spiro atoms. The molecule has 0 amide bonds. The number of hydrogen-bond donors (Lipinski definition) is 0. The maximum absolute atomic E-state index is 4.46. The quantitative estimate of drug-likeness (QED) is 0.120. The zero-order valence-corrected chi connectivity index (χ0v) is 31.2. The van der Waals surface area contributed by atoms with Crippen molar-refractivity contribution in [3.63, 3.8) is 0 Å². The van der Waals surface area contributed by atoms with Gasteiger partial charge in [-0.2, -0.15) is 0 Å². The molecule has 0 bridgehead atoms. The first kappa shape index (κ1) is 35.8. The van der Waals surface area contributed by atoms with Crippen molar-refractivity contribution in [3.05, 3.63) is 221 Å². The van der Waals surface area contributed by atoms with E-state index in [1.165, 1.54) is 66.8 Å². The van der Waals surface area contributed by atoms with Gasteiger partial charge in [-0.3, -0.25) is 0 Å². The largest absolute Gasteiger partial charge is 0.0952 e. The molecule has 256 valence electrons.